The maximum Gasteiger partial charge on any atom is 0.534 e. The van der Waals surface area contributed by atoms with E-state index in [1.165, 1.54) is 17.4 Å². The first-order valence-electron chi connectivity index (χ1n) is 4.75. The normalized spacial score (nSPS) is 12.3. The number of benzene rings is 1. The lowest BCUT2D eigenvalue weighted by atomic mass is 10.2. The highest BCUT2D eigenvalue weighted by atomic mass is 32.2. The summed E-state index contributed by atoms with van der Waals surface area (Å²) in [5.74, 6) is -0.556. The minimum atomic E-state index is -5.74. The third-order valence-electron chi connectivity index (χ3n) is 2.00. The van der Waals surface area contributed by atoms with Gasteiger partial charge in [-0.25, -0.2) is 0 Å². The number of aliphatic hydroxyl groups is 1. The van der Waals surface area contributed by atoms with Crippen molar-refractivity contribution < 1.29 is 30.9 Å². The zero-order chi connectivity index (χ0) is 14.8. The van der Waals surface area contributed by atoms with Crippen LogP contribution in [0.4, 0.5) is 18.9 Å². The van der Waals surface area contributed by atoms with Gasteiger partial charge in [-0.05, 0) is 17.7 Å². The number of thiol groups is 1. The number of aliphatic hydroxyl groups excluding tert-OH is 1. The molecule has 1 aromatic carbocycles. The lowest BCUT2D eigenvalue weighted by Gasteiger charge is -2.15. The first kappa shape index (κ1) is 15.9. The van der Waals surface area contributed by atoms with Gasteiger partial charge in [-0.15, -0.1) is 0 Å². The molecule has 0 aliphatic carbocycles. The van der Waals surface area contributed by atoms with Gasteiger partial charge in [0.25, 0.3) is 0 Å². The fourth-order valence-corrected chi connectivity index (χ4v) is 1.70. The van der Waals surface area contributed by atoms with E-state index >= 15 is 0 Å². The SMILES string of the molecule is CN(S)c1cc(CO)cc(OS(=O)(=O)C(F)(F)F)c1. The zero-order valence-electron chi connectivity index (χ0n) is 9.55. The van der Waals surface area contributed by atoms with Crippen LogP contribution in [0.25, 0.3) is 0 Å². The van der Waals surface area contributed by atoms with Crippen LogP contribution < -0.4 is 8.49 Å². The van der Waals surface area contributed by atoms with Crippen molar-refractivity contribution in [2.24, 2.45) is 0 Å². The monoisotopic (exact) mass is 317 g/mol. The van der Waals surface area contributed by atoms with Crippen LogP contribution in [0.5, 0.6) is 5.75 Å². The maximum atomic E-state index is 12.2. The predicted octanol–water partition coefficient (Wildman–Crippen LogP) is 1.69. The molecule has 0 aliphatic rings. The molecule has 0 fully saturated rings. The summed E-state index contributed by atoms with van der Waals surface area (Å²) in [5.41, 5.74) is -5.07. The molecule has 0 radical (unpaired) electrons. The molecule has 0 heterocycles. The van der Waals surface area contributed by atoms with Gasteiger partial charge in [0.05, 0.1) is 12.3 Å². The van der Waals surface area contributed by atoms with Crippen LogP contribution in [0.2, 0.25) is 0 Å². The quantitative estimate of drug-likeness (QED) is 0.502. The smallest absolute Gasteiger partial charge is 0.392 e. The highest BCUT2D eigenvalue weighted by Gasteiger charge is 2.48. The van der Waals surface area contributed by atoms with Crippen LogP contribution in [-0.4, -0.2) is 26.1 Å². The van der Waals surface area contributed by atoms with Crippen LogP contribution in [0, 0.1) is 0 Å². The molecular weight excluding hydrogens is 307 g/mol. The predicted molar refractivity (Wildman–Crippen MR) is 65.4 cm³/mol. The largest absolute Gasteiger partial charge is 0.534 e. The van der Waals surface area contributed by atoms with Crippen molar-refractivity contribution in [2.45, 2.75) is 12.1 Å². The molecule has 0 saturated heterocycles. The third-order valence-corrected chi connectivity index (χ3v) is 3.21. The Bertz CT molecular complexity index is 557. The molecule has 0 unspecified atom stereocenters. The molecular formula is C9H10F3NO4S2. The van der Waals surface area contributed by atoms with Gasteiger partial charge in [0, 0.05) is 13.1 Å². The van der Waals surface area contributed by atoms with Crippen LogP contribution in [0.1, 0.15) is 5.56 Å². The summed E-state index contributed by atoms with van der Waals surface area (Å²) in [5, 5.41) is 8.96. The summed E-state index contributed by atoms with van der Waals surface area (Å²) in [6.07, 6.45) is 0. The summed E-state index contributed by atoms with van der Waals surface area (Å²) in [6.45, 7) is -0.488. The fourth-order valence-electron chi connectivity index (χ4n) is 1.14. The highest BCUT2D eigenvalue weighted by molar-refractivity contribution is 7.88. The van der Waals surface area contributed by atoms with Crippen LogP contribution in [0.15, 0.2) is 18.2 Å². The summed E-state index contributed by atoms with van der Waals surface area (Å²) >= 11 is 3.91. The molecule has 1 N–H and O–H groups in total. The van der Waals surface area contributed by atoms with Gasteiger partial charge in [-0.3, -0.25) is 0 Å². The summed E-state index contributed by atoms with van der Waals surface area (Å²) < 4.78 is 63.4. The van der Waals surface area contributed by atoms with Crippen LogP contribution in [-0.2, 0) is 16.7 Å². The van der Waals surface area contributed by atoms with E-state index in [0.717, 1.165) is 12.1 Å². The van der Waals surface area contributed by atoms with E-state index in [4.69, 9.17) is 5.11 Å². The fraction of sp³-hybridized carbons (Fsp3) is 0.333. The van der Waals surface area contributed by atoms with E-state index in [1.54, 1.807) is 0 Å². The van der Waals surface area contributed by atoms with Crippen molar-refractivity contribution in [1.82, 2.24) is 0 Å². The standard InChI is InChI=1S/C9H10F3NO4S2/c1-13(18)7-2-6(5-14)3-8(4-7)17-19(15,16)9(10,11)12/h2-4,14,18H,5H2,1H3. The van der Waals surface area contributed by atoms with Gasteiger partial charge in [-0.2, -0.15) is 21.6 Å². The molecule has 19 heavy (non-hydrogen) atoms. The van der Waals surface area contributed by atoms with Crippen molar-refractivity contribution in [1.29, 1.82) is 0 Å². The first-order chi connectivity index (χ1) is 8.56. The molecule has 0 atom stereocenters. The van der Waals surface area contributed by atoms with Crippen molar-refractivity contribution >= 4 is 28.6 Å². The van der Waals surface area contributed by atoms with Gasteiger partial charge in [0.2, 0.25) is 0 Å². The molecule has 0 spiro atoms. The lowest BCUT2D eigenvalue weighted by Crippen LogP contribution is -2.28. The van der Waals surface area contributed by atoms with E-state index in [-0.39, 0.29) is 11.3 Å². The Kier molecular flexibility index (Phi) is 4.59. The molecule has 0 aromatic heterocycles. The van der Waals surface area contributed by atoms with E-state index < -0.39 is 28.0 Å². The second-order valence-electron chi connectivity index (χ2n) is 3.50. The summed E-state index contributed by atoms with van der Waals surface area (Å²) in [7, 11) is -4.27. The number of hydrogen-bond donors (Lipinski definition) is 2. The van der Waals surface area contributed by atoms with Gasteiger partial charge in [0.15, 0.2) is 0 Å². The lowest BCUT2D eigenvalue weighted by molar-refractivity contribution is -0.0500. The minimum Gasteiger partial charge on any atom is -0.392 e. The first-order valence-corrected chi connectivity index (χ1v) is 6.56. The summed E-state index contributed by atoms with van der Waals surface area (Å²) in [6, 6.07) is 3.46. The third kappa shape index (κ3) is 3.91. The van der Waals surface area contributed by atoms with Gasteiger partial charge >= 0.3 is 15.6 Å². The average molecular weight is 317 g/mol. The Morgan fingerprint density at radius 3 is 2.37 bits per heavy atom. The Hall–Kier alpha value is -1.13. The number of halogens is 3. The molecule has 10 heteroatoms. The molecule has 5 nitrogen and oxygen atoms in total. The molecule has 0 aliphatic heterocycles. The topological polar surface area (TPSA) is 66.8 Å². The molecule has 1 aromatic rings. The Morgan fingerprint density at radius 1 is 1.37 bits per heavy atom. The van der Waals surface area contributed by atoms with Crippen LogP contribution in [0.3, 0.4) is 0 Å². The number of hydrogen-bond acceptors (Lipinski definition) is 6. The number of anilines is 1. The average Bonchev–Trinajstić information content (AvgIpc) is 2.26. The van der Waals surface area contributed by atoms with Crippen molar-refractivity contribution in [2.75, 3.05) is 11.4 Å². The van der Waals surface area contributed by atoms with Gasteiger partial charge < -0.3 is 13.6 Å². The van der Waals surface area contributed by atoms with Gasteiger partial charge in [0.1, 0.15) is 5.75 Å². The second kappa shape index (κ2) is 5.47. The Balaban J connectivity index is 3.18. The van der Waals surface area contributed by atoms with E-state index in [9.17, 15) is 21.6 Å². The Labute approximate surface area is 113 Å². The van der Waals surface area contributed by atoms with Gasteiger partial charge in [-0.1, -0.05) is 12.8 Å². The Morgan fingerprint density at radius 2 is 1.95 bits per heavy atom. The zero-order valence-corrected chi connectivity index (χ0v) is 11.3. The van der Waals surface area contributed by atoms with Crippen molar-refractivity contribution in [3.63, 3.8) is 0 Å². The molecule has 1 rings (SSSR count). The van der Waals surface area contributed by atoms with E-state index in [2.05, 4.69) is 17.0 Å². The number of alkyl halides is 3. The molecule has 0 bridgehead atoms. The van der Waals surface area contributed by atoms with E-state index in [0.29, 0.717) is 0 Å². The second-order valence-corrected chi connectivity index (χ2v) is 5.64. The van der Waals surface area contributed by atoms with Crippen LogP contribution >= 0.6 is 12.8 Å². The molecule has 0 amide bonds. The van der Waals surface area contributed by atoms with Crippen molar-refractivity contribution in [3.8, 4) is 5.75 Å². The van der Waals surface area contributed by atoms with E-state index in [1.807, 2.05) is 0 Å². The number of nitrogens with zero attached hydrogens (tertiary/aromatic N) is 1. The maximum absolute atomic E-state index is 12.2. The van der Waals surface area contributed by atoms with Crippen molar-refractivity contribution in [3.05, 3.63) is 23.8 Å². The number of rotatable bonds is 4. The minimum absolute atomic E-state index is 0.186. The molecule has 0 saturated carbocycles. The highest BCUT2D eigenvalue weighted by Crippen LogP contribution is 2.30. The molecule has 108 valence electrons. The summed E-state index contributed by atoms with van der Waals surface area (Å²) in [4.78, 5) is 0.